The molecule has 1 saturated carbocycles. The average Bonchev–Trinajstić information content (AvgIpc) is 3.05. The molecule has 2 aromatic rings. The van der Waals surface area contributed by atoms with Crippen molar-refractivity contribution in [3.8, 4) is 5.75 Å². The van der Waals surface area contributed by atoms with Crippen LogP contribution in [-0.2, 0) is 14.3 Å². The first-order valence-electron chi connectivity index (χ1n) is 13.6. The number of hydrogen-bond acceptors (Lipinski definition) is 6. The Kier molecular flexibility index (Phi) is 5.68. The second kappa shape index (κ2) is 9.40. The van der Waals surface area contributed by atoms with Gasteiger partial charge >= 0.3 is 6.18 Å². The summed E-state index contributed by atoms with van der Waals surface area (Å²) >= 11 is 0. The number of piperazine rings is 1. The molecule has 0 spiro atoms. The van der Waals surface area contributed by atoms with E-state index in [9.17, 15) is 31.5 Å². The Morgan fingerprint density at radius 2 is 2.03 bits per heavy atom. The molecular formula is C26H27F5N4O4. The molecule has 0 radical (unpaired) electrons. The second-order valence-electron chi connectivity index (χ2n) is 10.3. The standard InChI is InChI=1S/C26H27F5N4O4/c1-24-7-8-25(24,26(29,30)31)39-22(19(24)15-4-5-16(27)20(28)21(15)38-3)23(37)33-14-6-9-32-17(12-14)35-11-10-34(2)13-18(35)36/h4-6,9,12,19,22H,7-8,10-11,13H2,1-3H3,(H,32,33,37)/t19-,22+,24+,25+/m0/s1/i3D3. The van der Waals surface area contributed by atoms with Crippen molar-refractivity contribution in [3.63, 3.8) is 0 Å². The van der Waals surface area contributed by atoms with E-state index in [0.717, 1.165) is 6.07 Å². The van der Waals surface area contributed by atoms with Crippen LogP contribution >= 0.6 is 0 Å². The number of fused-ring (bicyclic) bond motifs is 1. The van der Waals surface area contributed by atoms with Crippen LogP contribution in [0, 0.1) is 17.0 Å². The molecule has 3 heterocycles. The number of methoxy groups -OCH3 is 1. The van der Waals surface area contributed by atoms with E-state index in [0.29, 0.717) is 19.2 Å². The van der Waals surface area contributed by atoms with Crippen LogP contribution in [0.2, 0.25) is 0 Å². The van der Waals surface area contributed by atoms with E-state index in [2.05, 4.69) is 10.3 Å². The quantitative estimate of drug-likeness (QED) is 0.563. The van der Waals surface area contributed by atoms with Gasteiger partial charge in [0.2, 0.25) is 11.7 Å². The molecule has 8 nitrogen and oxygen atoms in total. The van der Waals surface area contributed by atoms with E-state index in [-0.39, 0.29) is 30.4 Å². The zero-order valence-electron chi connectivity index (χ0n) is 23.9. The highest BCUT2D eigenvalue weighted by atomic mass is 19.4. The molecule has 0 bridgehead atoms. The Balaban J connectivity index is 1.54. The maximum atomic E-state index is 14.9. The molecule has 39 heavy (non-hydrogen) atoms. The summed E-state index contributed by atoms with van der Waals surface area (Å²) < 4.78 is 105. The summed E-state index contributed by atoms with van der Waals surface area (Å²) in [5.74, 6) is -6.98. The van der Waals surface area contributed by atoms with Gasteiger partial charge in [0.05, 0.1) is 17.7 Å². The maximum Gasteiger partial charge on any atom is 0.418 e. The molecule has 1 aromatic carbocycles. The topological polar surface area (TPSA) is 84.0 Å². The van der Waals surface area contributed by atoms with E-state index in [1.54, 1.807) is 7.05 Å². The zero-order valence-corrected chi connectivity index (χ0v) is 20.9. The second-order valence-corrected chi connectivity index (χ2v) is 10.3. The SMILES string of the molecule is [2H]C([2H])([2H])Oc1c([C@H]2[C@H](C(=O)Nc3ccnc(N4CCN(C)CC4=O)c3)O[C@]3(C(F)(F)F)CC[C@]23C)ccc(F)c1F. The van der Waals surface area contributed by atoms with Gasteiger partial charge in [-0.1, -0.05) is 13.0 Å². The number of benzene rings is 1. The zero-order chi connectivity index (χ0) is 30.8. The minimum absolute atomic E-state index is 0.0915. The highest BCUT2D eigenvalue weighted by Crippen LogP contribution is 2.71. The molecule has 3 fully saturated rings. The van der Waals surface area contributed by atoms with Crippen molar-refractivity contribution in [1.29, 1.82) is 0 Å². The van der Waals surface area contributed by atoms with Crippen LogP contribution in [0.25, 0.3) is 0 Å². The van der Waals surface area contributed by atoms with Gasteiger partial charge in [-0.15, -0.1) is 0 Å². The Hall–Kier alpha value is -3.32. The third kappa shape index (κ3) is 4.13. The molecule has 1 N–H and O–H groups in total. The largest absolute Gasteiger partial charge is 0.493 e. The molecule has 1 aromatic heterocycles. The third-order valence-electron chi connectivity index (χ3n) is 8.17. The molecule has 2 saturated heterocycles. The monoisotopic (exact) mass is 557 g/mol. The van der Waals surface area contributed by atoms with Crippen molar-refractivity contribution in [1.82, 2.24) is 9.88 Å². The number of aromatic nitrogens is 1. The van der Waals surface area contributed by atoms with Crippen molar-refractivity contribution in [2.45, 2.75) is 43.6 Å². The lowest BCUT2D eigenvalue weighted by atomic mass is 9.51. The predicted molar refractivity (Wildman–Crippen MR) is 129 cm³/mol. The number of pyridine rings is 1. The summed E-state index contributed by atoms with van der Waals surface area (Å²) in [6.07, 6.45) is -6.17. The summed E-state index contributed by atoms with van der Waals surface area (Å²) in [5, 5.41) is 2.50. The molecule has 3 aliphatic rings. The lowest BCUT2D eigenvalue weighted by molar-refractivity contribution is -0.328. The molecule has 4 atom stereocenters. The summed E-state index contributed by atoms with van der Waals surface area (Å²) in [6, 6.07) is 4.28. The van der Waals surface area contributed by atoms with Crippen molar-refractivity contribution in [2.75, 3.05) is 43.9 Å². The van der Waals surface area contributed by atoms with Crippen LogP contribution in [0.15, 0.2) is 30.5 Å². The molecule has 210 valence electrons. The number of hydrogen-bond donors (Lipinski definition) is 1. The number of alkyl halides is 3. The van der Waals surface area contributed by atoms with Crippen molar-refractivity contribution in [3.05, 3.63) is 47.7 Å². The van der Waals surface area contributed by atoms with Crippen LogP contribution in [0.1, 0.15) is 35.4 Å². The number of rotatable bonds is 5. The van der Waals surface area contributed by atoms with Crippen LogP contribution in [0.4, 0.5) is 33.5 Å². The molecule has 5 rings (SSSR count). The Labute approximate surface area is 225 Å². The van der Waals surface area contributed by atoms with Gasteiger partial charge in [0.25, 0.3) is 5.91 Å². The Morgan fingerprint density at radius 1 is 1.26 bits per heavy atom. The van der Waals surface area contributed by atoms with Gasteiger partial charge in [-0.2, -0.15) is 17.6 Å². The molecule has 1 aliphatic carbocycles. The first-order chi connectivity index (χ1) is 19.5. The summed E-state index contributed by atoms with van der Waals surface area (Å²) in [4.78, 5) is 33.5. The van der Waals surface area contributed by atoms with Crippen molar-refractivity contribution in [2.24, 2.45) is 5.41 Å². The maximum absolute atomic E-state index is 14.9. The summed E-state index contributed by atoms with van der Waals surface area (Å²) in [5.41, 5.74) is -5.03. The number of halogens is 5. The molecule has 2 amide bonds. The van der Waals surface area contributed by atoms with E-state index < -0.39 is 71.5 Å². The van der Waals surface area contributed by atoms with E-state index in [1.165, 1.54) is 30.2 Å². The van der Waals surface area contributed by atoms with Gasteiger partial charge in [0.15, 0.2) is 17.2 Å². The lowest BCUT2D eigenvalue weighted by Gasteiger charge is -2.54. The summed E-state index contributed by atoms with van der Waals surface area (Å²) in [6.45, 7) is 2.24. The highest BCUT2D eigenvalue weighted by Gasteiger charge is 2.80. The first-order valence-corrected chi connectivity index (χ1v) is 12.1. The number of carbonyl (C=O) groups excluding carboxylic acids is 2. The summed E-state index contributed by atoms with van der Waals surface area (Å²) in [7, 11) is -1.50. The van der Waals surface area contributed by atoms with Crippen LogP contribution in [-0.4, -0.2) is 73.3 Å². The fourth-order valence-corrected chi connectivity index (χ4v) is 5.99. The van der Waals surface area contributed by atoms with Crippen LogP contribution in [0.3, 0.4) is 0 Å². The van der Waals surface area contributed by atoms with Gasteiger partial charge in [-0.25, -0.2) is 9.37 Å². The van der Waals surface area contributed by atoms with Gasteiger partial charge in [-0.3, -0.25) is 19.4 Å². The predicted octanol–water partition coefficient (Wildman–Crippen LogP) is 3.87. The molecular weight excluding hydrogens is 527 g/mol. The number of anilines is 2. The van der Waals surface area contributed by atoms with E-state index >= 15 is 0 Å². The van der Waals surface area contributed by atoms with E-state index in [4.69, 9.17) is 13.6 Å². The molecule has 2 aliphatic heterocycles. The minimum Gasteiger partial charge on any atom is -0.493 e. The fourth-order valence-electron chi connectivity index (χ4n) is 5.99. The Bertz CT molecular complexity index is 1430. The van der Waals surface area contributed by atoms with Crippen LogP contribution in [0.5, 0.6) is 5.75 Å². The van der Waals surface area contributed by atoms with Crippen molar-refractivity contribution >= 4 is 23.3 Å². The van der Waals surface area contributed by atoms with Gasteiger partial charge < -0.3 is 14.8 Å². The third-order valence-corrected chi connectivity index (χ3v) is 8.17. The number of ether oxygens (including phenoxy) is 2. The Morgan fingerprint density at radius 3 is 2.67 bits per heavy atom. The number of amides is 2. The average molecular weight is 558 g/mol. The molecule has 0 unspecified atom stereocenters. The smallest absolute Gasteiger partial charge is 0.418 e. The van der Waals surface area contributed by atoms with Gasteiger partial charge in [0.1, 0.15) is 11.9 Å². The minimum atomic E-state index is -4.96. The number of likely N-dealkylation sites (N-methyl/N-ethyl adjacent to an activating group) is 1. The van der Waals surface area contributed by atoms with Crippen molar-refractivity contribution < 1.29 is 45.1 Å². The fraction of sp³-hybridized carbons (Fsp3) is 0.500. The van der Waals surface area contributed by atoms with Gasteiger partial charge in [-0.05, 0) is 32.0 Å². The first kappa shape index (κ1) is 23.6. The number of nitrogens with one attached hydrogen (secondary N) is 1. The normalized spacial score (nSPS) is 30.6. The van der Waals surface area contributed by atoms with E-state index in [1.807, 2.05) is 4.90 Å². The number of nitrogens with zero attached hydrogens (tertiary/aromatic N) is 3. The molecule has 13 heteroatoms. The lowest BCUT2D eigenvalue weighted by Crippen LogP contribution is -2.63. The van der Waals surface area contributed by atoms with Crippen LogP contribution < -0.4 is 15.0 Å². The highest BCUT2D eigenvalue weighted by molar-refractivity contribution is 5.98. The number of carbonyl (C=O) groups is 2. The van der Waals surface area contributed by atoms with Gasteiger partial charge in [0, 0.05) is 47.9 Å².